The SMILES string of the molecule is Cc1ccc(S(=O)(=O)O)c(CCSCCCCSCC[N+]2(C)CCCCC2)c1. The molecule has 7 heteroatoms. The summed E-state index contributed by atoms with van der Waals surface area (Å²) in [6, 6.07) is 5.10. The standard InChI is InChI=1S/C21H35NO3S3/c1-19-8-9-21(28(23,24)25)20(18-19)10-16-26-14-6-7-15-27-17-13-22(2)11-4-3-5-12-22/h8-9,18H,3-7,10-17H2,1-2H3/p+1. The highest BCUT2D eigenvalue weighted by Crippen LogP contribution is 2.20. The third-order valence-electron chi connectivity index (χ3n) is 5.51. The number of nitrogens with zero attached hydrogens (tertiary/aromatic N) is 1. The van der Waals surface area contributed by atoms with Crippen LogP contribution in [-0.2, 0) is 16.5 Å². The van der Waals surface area contributed by atoms with E-state index in [9.17, 15) is 13.0 Å². The Morgan fingerprint density at radius 2 is 1.64 bits per heavy atom. The van der Waals surface area contributed by atoms with E-state index >= 15 is 0 Å². The zero-order valence-corrected chi connectivity index (χ0v) is 19.8. The van der Waals surface area contributed by atoms with E-state index < -0.39 is 10.1 Å². The molecule has 1 aliphatic rings. The molecule has 0 atom stereocenters. The van der Waals surface area contributed by atoms with Gasteiger partial charge in [-0.15, -0.1) is 0 Å². The number of hydrogen-bond donors (Lipinski definition) is 1. The van der Waals surface area contributed by atoms with Crippen LogP contribution in [0.25, 0.3) is 0 Å². The summed E-state index contributed by atoms with van der Waals surface area (Å²) in [6.45, 7) is 5.97. The maximum Gasteiger partial charge on any atom is 0.294 e. The average Bonchev–Trinajstić information content (AvgIpc) is 2.63. The molecule has 0 bridgehead atoms. The predicted molar refractivity (Wildman–Crippen MR) is 123 cm³/mol. The van der Waals surface area contributed by atoms with Crippen molar-refractivity contribution in [3.05, 3.63) is 29.3 Å². The molecule has 0 unspecified atom stereocenters. The molecule has 160 valence electrons. The van der Waals surface area contributed by atoms with Crippen molar-refractivity contribution in [1.82, 2.24) is 0 Å². The first-order valence-corrected chi connectivity index (χ1v) is 14.1. The first-order valence-electron chi connectivity index (χ1n) is 10.4. The van der Waals surface area contributed by atoms with Gasteiger partial charge >= 0.3 is 0 Å². The predicted octanol–water partition coefficient (Wildman–Crippen LogP) is 4.66. The van der Waals surface area contributed by atoms with Crippen LogP contribution in [0.3, 0.4) is 0 Å². The third kappa shape index (κ3) is 8.66. The number of hydrogen-bond acceptors (Lipinski definition) is 4. The van der Waals surface area contributed by atoms with Crippen LogP contribution >= 0.6 is 23.5 Å². The molecule has 2 rings (SSSR count). The minimum atomic E-state index is -4.14. The van der Waals surface area contributed by atoms with Crippen LogP contribution in [0.15, 0.2) is 23.1 Å². The Hall–Kier alpha value is -0.210. The van der Waals surface area contributed by atoms with Gasteiger partial charge in [-0.2, -0.15) is 31.9 Å². The fraction of sp³-hybridized carbons (Fsp3) is 0.714. The Morgan fingerprint density at radius 3 is 2.29 bits per heavy atom. The molecule has 1 saturated heterocycles. The number of piperidine rings is 1. The van der Waals surface area contributed by atoms with Crippen LogP contribution in [-0.4, -0.2) is 67.1 Å². The lowest BCUT2D eigenvalue weighted by Crippen LogP contribution is -2.49. The van der Waals surface area contributed by atoms with Gasteiger partial charge < -0.3 is 4.48 Å². The van der Waals surface area contributed by atoms with Crippen molar-refractivity contribution in [3.63, 3.8) is 0 Å². The molecule has 0 aromatic heterocycles. The zero-order chi connectivity index (χ0) is 20.5. The van der Waals surface area contributed by atoms with Crippen LogP contribution in [0.1, 0.15) is 43.2 Å². The van der Waals surface area contributed by atoms with Gasteiger partial charge in [-0.3, -0.25) is 4.55 Å². The van der Waals surface area contributed by atoms with Crippen molar-refractivity contribution in [3.8, 4) is 0 Å². The molecule has 0 saturated carbocycles. The molecule has 1 fully saturated rings. The van der Waals surface area contributed by atoms with Gasteiger partial charge in [-0.05, 0) is 74.3 Å². The summed E-state index contributed by atoms with van der Waals surface area (Å²) < 4.78 is 33.6. The number of likely N-dealkylation sites (tertiary alicyclic amines) is 1. The Morgan fingerprint density at radius 1 is 1.00 bits per heavy atom. The summed E-state index contributed by atoms with van der Waals surface area (Å²) >= 11 is 3.96. The van der Waals surface area contributed by atoms with Crippen LogP contribution in [0.5, 0.6) is 0 Å². The monoisotopic (exact) mass is 446 g/mol. The summed E-state index contributed by atoms with van der Waals surface area (Å²) in [6.07, 6.45) is 7.34. The Balaban J connectivity index is 1.54. The summed E-state index contributed by atoms with van der Waals surface area (Å²) in [7, 11) is -1.72. The van der Waals surface area contributed by atoms with Crippen molar-refractivity contribution in [2.24, 2.45) is 0 Å². The fourth-order valence-corrected chi connectivity index (χ4v) is 6.63. The van der Waals surface area contributed by atoms with Crippen LogP contribution < -0.4 is 0 Å². The van der Waals surface area contributed by atoms with Gasteiger partial charge in [0.15, 0.2) is 0 Å². The molecule has 0 amide bonds. The number of rotatable bonds is 12. The summed E-state index contributed by atoms with van der Waals surface area (Å²) in [5, 5.41) is 0. The lowest BCUT2D eigenvalue weighted by Gasteiger charge is -2.37. The molecule has 1 N–H and O–H groups in total. The second kappa shape index (κ2) is 11.8. The van der Waals surface area contributed by atoms with Crippen molar-refractivity contribution in [1.29, 1.82) is 0 Å². The summed E-state index contributed by atoms with van der Waals surface area (Å²) in [4.78, 5) is 0.0557. The molecular formula is C21H36NO3S3+. The molecule has 1 aromatic rings. The molecule has 0 aliphatic carbocycles. The fourth-order valence-electron chi connectivity index (χ4n) is 3.73. The number of quaternary nitrogens is 1. The number of thioether (sulfide) groups is 2. The minimum Gasteiger partial charge on any atom is -0.325 e. The highest BCUT2D eigenvalue weighted by molar-refractivity contribution is 7.99. The minimum absolute atomic E-state index is 0.0557. The van der Waals surface area contributed by atoms with Crippen LogP contribution in [0.2, 0.25) is 0 Å². The van der Waals surface area contributed by atoms with Gasteiger partial charge in [0.2, 0.25) is 0 Å². The highest BCUT2D eigenvalue weighted by atomic mass is 32.2. The molecule has 28 heavy (non-hydrogen) atoms. The molecule has 4 nitrogen and oxygen atoms in total. The van der Waals surface area contributed by atoms with Gasteiger partial charge in [0.05, 0.1) is 31.6 Å². The maximum atomic E-state index is 11.5. The van der Waals surface area contributed by atoms with Gasteiger partial charge in [0.25, 0.3) is 10.1 Å². The quantitative estimate of drug-likeness (QED) is 0.287. The van der Waals surface area contributed by atoms with E-state index in [0.29, 0.717) is 6.42 Å². The largest absolute Gasteiger partial charge is 0.325 e. The molecule has 1 aromatic carbocycles. The molecule has 1 heterocycles. The molecule has 1 aliphatic heterocycles. The number of unbranched alkanes of at least 4 members (excludes halogenated alkanes) is 1. The first kappa shape index (κ1) is 24.1. The molecule has 0 radical (unpaired) electrons. The Bertz CT molecular complexity index is 701. The van der Waals surface area contributed by atoms with E-state index in [1.807, 2.05) is 24.8 Å². The third-order valence-corrected chi connectivity index (χ3v) is 8.58. The van der Waals surface area contributed by atoms with Crippen LogP contribution in [0.4, 0.5) is 0 Å². The maximum absolute atomic E-state index is 11.5. The van der Waals surface area contributed by atoms with Crippen molar-refractivity contribution >= 4 is 33.6 Å². The van der Waals surface area contributed by atoms with Gasteiger partial charge in [-0.1, -0.05) is 17.7 Å². The summed E-state index contributed by atoms with van der Waals surface area (Å²) in [5.74, 6) is 4.51. The van der Waals surface area contributed by atoms with E-state index in [1.165, 1.54) is 73.8 Å². The molecule has 0 spiro atoms. The van der Waals surface area contributed by atoms with Gasteiger partial charge in [0.1, 0.15) is 0 Å². The van der Waals surface area contributed by atoms with Crippen molar-refractivity contribution < 1.29 is 17.5 Å². The Labute approximate surface area is 180 Å². The first-order chi connectivity index (χ1) is 13.3. The van der Waals surface area contributed by atoms with E-state index in [4.69, 9.17) is 0 Å². The summed E-state index contributed by atoms with van der Waals surface area (Å²) in [5.41, 5.74) is 1.74. The van der Waals surface area contributed by atoms with E-state index in [-0.39, 0.29) is 4.90 Å². The van der Waals surface area contributed by atoms with Crippen molar-refractivity contribution in [2.45, 2.75) is 50.3 Å². The second-order valence-corrected chi connectivity index (χ2v) is 12.0. The zero-order valence-electron chi connectivity index (χ0n) is 17.4. The normalized spacial score (nSPS) is 17.0. The van der Waals surface area contributed by atoms with E-state index in [0.717, 1.165) is 22.6 Å². The van der Waals surface area contributed by atoms with Crippen molar-refractivity contribution in [2.75, 3.05) is 49.7 Å². The second-order valence-electron chi connectivity index (χ2n) is 8.12. The van der Waals surface area contributed by atoms with E-state index in [2.05, 4.69) is 18.8 Å². The average molecular weight is 447 g/mol. The smallest absolute Gasteiger partial charge is 0.294 e. The van der Waals surface area contributed by atoms with Gasteiger partial charge in [0, 0.05) is 5.75 Å². The molecular weight excluding hydrogens is 410 g/mol. The topological polar surface area (TPSA) is 54.4 Å². The highest BCUT2D eigenvalue weighted by Gasteiger charge is 2.23. The Kier molecular flexibility index (Phi) is 10.2. The van der Waals surface area contributed by atoms with Crippen LogP contribution in [0, 0.1) is 6.92 Å². The lowest BCUT2D eigenvalue weighted by atomic mass is 10.1. The number of benzene rings is 1. The number of aryl methyl sites for hydroxylation is 2. The van der Waals surface area contributed by atoms with Gasteiger partial charge in [-0.25, -0.2) is 0 Å². The lowest BCUT2D eigenvalue weighted by molar-refractivity contribution is -0.911. The van der Waals surface area contributed by atoms with E-state index in [1.54, 1.807) is 6.07 Å².